The molecule has 0 aromatic heterocycles. The predicted octanol–water partition coefficient (Wildman–Crippen LogP) is 3.12. The van der Waals surface area contributed by atoms with E-state index in [-0.39, 0.29) is 24.3 Å². The first kappa shape index (κ1) is 14.4. The van der Waals surface area contributed by atoms with E-state index < -0.39 is 23.0 Å². The van der Waals surface area contributed by atoms with Crippen molar-refractivity contribution in [1.82, 2.24) is 0 Å². The molecule has 0 heterocycles. The highest BCUT2D eigenvalue weighted by Gasteiger charge is 2.29. The maximum absolute atomic E-state index is 13.9. The minimum atomic E-state index is -1.08. The molecule has 0 fully saturated rings. The summed E-state index contributed by atoms with van der Waals surface area (Å²) in [4.78, 5) is 10.7. The number of benzene rings is 1. The van der Waals surface area contributed by atoms with E-state index >= 15 is 0 Å². The van der Waals surface area contributed by atoms with Gasteiger partial charge in [0.25, 0.3) is 0 Å². The van der Waals surface area contributed by atoms with Gasteiger partial charge in [-0.25, -0.2) is 4.39 Å². The third kappa shape index (κ3) is 2.97. The SMILES string of the molecule is CCOc1ccc(C(C)(C)CC(=O)O)c(F)c1F. The first-order valence-corrected chi connectivity index (χ1v) is 5.62. The van der Waals surface area contributed by atoms with Crippen LogP contribution in [0.3, 0.4) is 0 Å². The van der Waals surface area contributed by atoms with Gasteiger partial charge in [-0.05, 0) is 18.6 Å². The molecule has 100 valence electrons. The van der Waals surface area contributed by atoms with E-state index in [2.05, 4.69) is 0 Å². The molecule has 0 saturated carbocycles. The maximum atomic E-state index is 13.9. The molecule has 0 atom stereocenters. The second kappa shape index (κ2) is 5.33. The average molecular weight is 258 g/mol. The number of halogens is 2. The summed E-state index contributed by atoms with van der Waals surface area (Å²) in [6.45, 7) is 5.01. The molecule has 3 nitrogen and oxygen atoms in total. The van der Waals surface area contributed by atoms with Crippen LogP contribution in [0.4, 0.5) is 8.78 Å². The lowest BCUT2D eigenvalue weighted by Gasteiger charge is -2.24. The summed E-state index contributed by atoms with van der Waals surface area (Å²) >= 11 is 0. The lowest BCUT2D eigenvalue weighted by atomic mass is 9.81. The minimum Gasteiger partial charge on any atom is -0.491 e. The van der Waals surface area contributed by atoms with Crippen molar-refractivity contribution >= 4 is 5.97 Å². The molecule has 0 unspecified atom stereocenters. The number of carbonyl (C=O) groups is 1. The number of rotatable bonds is 5. The lowest BCUT2D eigenvalue weighted by molar-refractivity contribution is -0.138. The summed E-state index contributed by atoms with van der Waals surface area (Å²) in [5, 5.41) is 8.77. The van der Waals surface area contributed by atoms with Crippen LogP contribution in [0.2, 0.25) is 0 Å². The molecular formula is C13H16F2O3. The fraction of sp³-hybridized carbons (Fsp3) is 0.462. The standard InChI is InChI=1S/C13H16F2O3/c1-4-18-9-6-5-8(11(14)12(9)15)13(2,3)7-10(16)17/h5-6H,4,7H2,1-3H3,(H,16,17). The highest BCUT2D eigenvalue weighted by atomic mass is 19.2. The molecule has 18 heavy (non-hydrogen) atoms. The molecule has 0 aliphatic carbocycles. The molecule has 0 bridgehead atoms. The van der Waals surface area contributed by atoms with Crippen molar-refractivity contribution in [1.29, 1.82) is 0 Å². The molecule has 1 aromatic carbocycles. The Bertz CT molecular complexity index is 456. The highest BCUT2D eigenvalue weighted by molar-refractivity contribution is 5.69. The Morgan fingerprint density at radius 1 is 1.33 bits per heavy atom. The first-order chi connectivity index (χ1) is 8.29. The monoisotopic (exact) mass is 258 g/mol. The van der Waals surface area contributed by atoms with Gasteiger partial charge in [-0.1, -0.05) is 19.9 Å². The second-order valence-corrected chi connectivity index (χ2v) is 4.63. The summed E-state index contributed by atoms with van der Waals surface area (Å²) < 4.78 is 32.5. The average Bonchev–Trinajstić information content (AvgIpc) is 2.23. The molecule has 0 radical (unpaired) electrons. The van der Waals surface area contributed by atoms with Crippen molar-refractivity contribution in [2.24, 2.45) is 0 Å². The molecule has 0 amide bonds. The van der Waals surface area contributed by atoms with Crippen molar-refractivity contribution in [3.8, 4) is 5.75 Å². The van der Waals surface area contributed by atoms with Crippen LogP contribution in [0.15, 0.2) is 12.1 Å². The molecule has 0 saturated heterocycles. The number of carboxylic acids is 1. The van der Waals surface area contributed by atoms with Gasteiger partial charge in [-0.15, -0.1) is 0 Å². The summed E-state index contributed by atoms with van der Waals surface area (Å²) in [6, 6.07) is 2.69. The molecule has 1 rings (SSSR count). The summed E-state index contributed by atoms with van der Waals surface area (Å²) in [5.41, 5.74) is -0.951. The van der Waals surface area contributed by atoms with Crippen molar-refractivity contribution in [3.63, 3.8) is 0 Å². The fourth-order valence-electron chi connectivity index (χ4n) is 1.79. The van der Waals surface area contributed by atoms with E-state index in [1.165, 1.54) is 12.1 Å². The summed E-state index contributed by atoms with van der Waals surface area (Å²) in [5.74, 6) is -3.35. The molecule has 0 aliphatic rings. The van der Waals surface area contributed by atoms with Crippen LogP contribution < -0.4 is 4.74 Å². The van der Waals surface area contributed by atoms with Crippen molar-refractivity contribution in [2.75, 3.05) is 6.61 Å². The zero-order valence-corrected chi connectivity index (χ0v) is 10.6. The largest absolute Gasteiger partial charge is 0.491 e. The van der Waals surface area contributed by atoms with Crippen LogP contribution in [-0.4, -0.2) is 17.7 Å². The summed E-state index contributed by atoms with van der Waals surface area (Å²) in [6.07, 6.45) is -0.280. The fourth-order valence-corrected chi connectivity index (χ4v) is 1.79. The number of hydrogen-bond donors (Lipinski definition) is 1. The van der Waals surface area contributed by atoms with Gasteiger partial charge >= 0.3 is 5.97 Å². The van der Waals surface area contributed by atoms with E-state index in [1.807, 2.05) is 0 Å². The lowest BCUT2D eigenvalue weighted by Crippen LogP contribution is -2.23. The maximum Gasteiger partial charge on any atom is 0.304 e. The Labute approximate surface area is 104 Å². The van der Waals surface area contributed by atoms with Gasteiger partial charge < -0.3 is 9.84 Å². The van der Waals surface area contributed by atoms with Gasteiger partial charge in [0.05, 0.1) is 13.0 Å². The summed E-state index contributed by atoms with van der Waals surface area (Å²) in [7, 11) is 0. The molecular weight excluding hydrogens is 242 g/mol. The van der Waals surface area contributed by atoms with Gasteiger partial charge in [0.2, 0.25) is 5.82 Å². The Morgan fingerprint density at radius 3 is 2.44 bits per heavy atom. The quantitative estimate of drug-likeness (QED) is 0.882. The zero-order chi connectivity index (χ0) is 13.9. The smallest absolute Gasteiger partial charge is 0.304 e. The Kier molecular flexibility index (Phi) is 4.27. The van der Waals surface area contributed by atoms with Crippen LogP contribution in [0.1, 0.15) is 32.8 Å². The van der Waals surface area contributed by atoms with E-state index in [1.54, 1.807) is 20.8 Å². The van der Waals surface area contributed by atoms with E-state index in [0.29, 0.717) is 0 Å². The number of carboxylic acid groups (broad SMARTS) is 1. The highest BCUT2D eigenvalue weighted by Crippen LogP contribution is 2.33. The Morgan fingerprint density at radius 2 is 1.94 bits per heavy atom. The molecule has 0 aliphatic heterocycles. The second-order valence-electron chi connectivity index (χ2n) is 4.63. The molecule has 1 N–H and O–H groups in total. The van der Waals surface area contributed by atoms with Gasteiger partial charge in [-0.2, -0.15) is 4.39 Å². The van der Waals surface area contributed by atoms with E-state index in [0.717, 1.165) is 0 Å². The first-order valence-electron chi connectivity index (χ1n) is 5.62. The minimum absolute atomic E-state index is 0.0332. The molecule has 5 heteroatoms. The van der Waals surface area contributed by atoms with Crippen LogP contribution in [0.25, 0.3) is 0 Å². The van der Waals surface area contributed by atoms with Crippen molar-refractivity contribution < 1.29 is 23.4 Å². The van der Waals surface area contributed by atoms with Gasteiger partial charge in [0, 0.05) is 5.41 Å². The third-order valence-corrected chi connectivity index (χ3v) is 2.67. The van der Waals surface area contributed by atoms with Gasteiger partial charge in [0.15, 0.2) is 11.6 Å². The van der Waals surface area contributed by atoms with Crippen LogP contribution in [0.5, 0.6) is 5.75 Å². The third-order valence-electron chi connectivity index (χ3n) is 2.67. The number of hydrogen-bond acceptors (Lipinski definition) is 2. The van der Waals surface area contributed by atoms with Gasteiger partial charge in [0.1, 0.15) is 0 Å². The van der Waals surface area contributed by atoms with Crippen LogP contribution in [-0.2, 0) is 10.2 Å². The van der Waals surface area contributed by atoms with Crippen LogP contribution in [0, 0.1) is 11.6 Å². The topological polar surface area (TPSA) is 46.5 Å². The molecule has 1 aromatic rings. The van der Waals surface area contributed by atoms with Crippen molar-refractivity contribution in [2.45, 2.75) is 32.6 Å². The van der Waals surface area contributed by atoms with Gasteiger partial charge in [-0.3, -0.25) is 4.79 Å². The van der Waals surface area contributed by atoms with Crippen molar-refractivity contribution in [3.05, 3.63) is 29.3 Å². The molecule has 0 spiro atoms. The van der Waals surface area contributed by atoms with E-state index in [9.17, 15) is 13.6 Å². The van der Waals surface area contributed by atoms with Crippen LogP contribution >= 0.6 is 0 Å². The predicted molar refractivity (Wildman–Crippen MR) is 62.8 cm³/mol. The number of aliphatic carboxylic acids is 1. The van der Waals surface area contributed by atoms with E-state index in [4.69, 9.17) is 9.84 Å². The number of ether oxygens (including phenoxy) is 1. The Balaban J connectivity index is 3.19. The normalized spacial score (nSPS) is 11.4. The zero-order valence-electron chi connectivity index (χ0n) is 10.6. The Hall–Kier alpha value is -1.65.